The average molecular weight is 381 g/mol. The number of β-amino-alcohol motifs (C(OH)–C–C–N with tert-alkyl or cyclic N) is 1. The highest BCUT2D eigenvalue weighted by Gasteiger charge is 2.71. The Kier molecular flexibility index (Phi) is 5.13. The summed E-state index contributed by atoms with van der Waals surface area (Å²) < 4.78 is 5.24. The van der Waals surface area contributed by atoms with Crippen LogP contribution in [0.15, 0.2) is 54.6 Å². The summed E-state index contributed by atoms with van der Waals surface area (Å²) in [4.78, 5) is 14.6. The molecule has 5 heteroatoms. The lowest BCUT2D eigenvalue weighted by Crippen LogP contribution is -2.29. The van der Waals surface area contributed by atoms with Crippen LogP contribution < -0.4 is 4.74 Å². The van der Waals surface area contributed by atoms with E-state index in [-0.39, 0.29) is 24.3 Å². The number of carbonyl (C=O) groups excluding carboxylic acids is 1. The van der Waals surface area contributed by atoms with E-state index in [1.54, 1.807) is 12.0 Å². The first-order valence-corrected chi connectivity index (χ1v) is 9.84. The van der Waals surface area contributed by atoms with E-state index >= 15 is 0 Å². The second-order valence-electron chi connectivity index (χ2n) is 7.93. The predicted octanol–water partition coefficient (Wildman–Crippen LogP) is 2.22. The quantitative estimate of drug-likeness (QED) is 0.805. The second-order valence-corrected chi connectivity index (χ2v) is 7.93. The van der Waals surface area contributed by atoms with Crippen LogP contribution in [0.25, 0.3) is 0 Å². The van der Waals surface area contributed by atoms with Crippen molar-refractivity contribution in [2.45, 2.75) is 24.9 Å². The van der Waals surface area contributed by atoms with Gasteiger partial charge in [-0.15, -0.1) is 0 Å². The molecule has 0 unspecified atom stereocenters. The maximum atomic E-state index is 12.8. The molecule has 1 aliphatic carbocycles. The van der Waals surface area contributed by atoms with Crippen LogP contribution in [0.5, 0.6) is 5.75 Å². The molecule has 2 N–H and O–H groups in total. The van der Waals surface area contributed by atoms with Gasteiger partial charge in [0, 0.05) is 31.5 Å². The number of nitrogens with zero attached hydrogens (tertiary/aromatic N) is 1. The van der Waals surface area contributed by atoms with Crippen LogP contribution in [-0.2, 0) is 11.2 Å². The van der Waals surface area contributed by atoms with Gasteiger partial charge in [0.05, 0.1) is 13.2 Å². The van der Waals surface area contributed by atoms with Crippen molar-refractivity contribution < 1.29 is 19.7 Å². The topological polar surface area (TPSA) is 70.0 Å². The molecule has 0 aromatic heterocycles. The average Bonchev–Trinajstić information content (AvgIpc) is 3.27. The van der Waals surface area contributed by atoms with Gasteiger partial charge in [-0.05, 0) is 41.5 Å². The van der Waals surface area contributed by atoms with Gasteiger partial charge in [-0.25, -0.2) is 0 Å². The Labute approximate surface area is 165 Å². The fourth-order valence-electron chi connectivity index (χ4n) is 5.00. The molecule has 4 atom stereocenters. The van der Waals surface area contributed by atoms with Crippen LogP contribution in [0.1, 0.15) is 23.5 Å². The van der Waals surface area contributed by atoms with E-state index in [0.717, 1.165) is 16.9 Å². The van der Waals surface area contributed by atoms with E-state index in [0.29, 0.717) is 25.9 Å². The van der Waals surface area contributed by atoms with Gasteiger partial charge in [0.2, 0.25) is 5.91 Å². The highest BCUT2D eigenvalue weighted by Crippen LogP contribution is 2.68. The lowest BCUT2D eigenvalue weighted by atomic mass is 9.95. The summed E-state index contributed by atoms with van der Waals surface area (Å²) in [5.74, 6) is 0.940. The standard InChI is InChI=1S/C23H27NO4/c1-28-18-9-5-6-16(12-18)10-11-21(27)24-13-20(26)23(15-24)19(14-25)22(23)17-7-3-2-4-8-17/h2-9,12,19-20,22,25-26H,10-11,13-15H2,1H3/t19-,20-,22-,23-/m1/s1. The fourth-order valence-corrected chi connectivity index (χ4v) is 5.00. The Balaban J connectivity index is 1.43. The third-order valence-electron chi connectivity index (χ3n) is 6.51. The number of hydrogen-bond donors (Lipinski definition) is 2. The lowest BCUT2D eigenvalue weighted by Gasteiger charge is -2.17. The molecule has 4 rings (SSSR count). The number of amides is 1. The molecule has 148 valence electrons. The summed E-state index contributed by atoms with van der Waals surface area (Å²) in [7, 11) is 1.63. The molecule has 2 aliphatic rings. The van der Waals surface area contributed by atoms with Gasteiger partial charge in [-0.1, -0.05) is 42.5 Å². The van der Waals surface area contributed by atoms with Crippen LogP contribution in [-0.4, -0.2) is 53.9 Å². The molecule has 2 aromatic carbocycles. The first-order chi connectivity index (χ1) is 13.6. The van der Waals surface area contributed by atoms with Crippen LogP contribution in [0.4, 0.5) is 0 Å². The molecular formula is C23H27NO4. The van der Waals surface area contributed by atoms with Crippen molar-refractivity contribution >= 4 is 5.91 Å². The van der Waals surface area contributed by atoms with Crippen molar-refractivity contribution in [2.24, 2.45) is 11.3 Å². The number of likely N-dealkylation sites (tertiary alicyclic amines) is 1. The zero-order chi connectivity index (χ0) is 19.7. The van der Waals surface area contributed by atoms with Gasteiger partial charge in [0.15, 0.2) is 0 Å². The van der Waals surface area contributed by atoms with Crippen molar-refractivity contribution in [3.8, 4) is 5.75 Å². The molecule has 1 saturated heterocycles. The Bertz CT molecular complexity index is 840. The number of benzene rings is 2. The van der Waals surface area contributed by atoms with E-state index < -0.39 is 11.5 Å². The number of aliphatic hydroxyl groups excluding tert-OH is 2. The smallest absolute Gasteiger partial charge is 0.223 e. The Morgan fingerprint density at radius 1 is 1.21 bits per heavy atom. The number of methoxy groups -OCH3 is 1. The molecule has 28 heavy (non-hydrogen) atoms. The van der Waals surface area contributed by atoms with Gasteiger partial charge in [0.25, 0.3) is 0 Å². The molecule has 0 radical (unpaired) electrons. The summed E-state index contributed by atoms with van der Waals surface area (Å²) in [6.07, 6.45) is 0.437. The zero-order valence-electron chi connectivity index (χ0n) is 16.1. The largest absolute Gasteiger partial charge is 0.497 e. The third kappa shape index (κ3) is 3.19. The number of aryl methyl sites for hydroxylation is 1. The highest BCUT2D eigenvalue weighted by molar-refractivity contribution is 5.77. The van der Waals surface area contributed by atoms with Gasteiger partial charge in [0.1, 0.15) is 5.75 Å². The molecule has 1 aliphatic heterocycles. The van der Waals surface area contributed by atoms with Gasteiger partial charge in [-0.2, -0.15) is 0 Å². The van der Waals surface area contributed by atoms with E-state index in [2.05, 4.69) is 0 Å². The number of aliphatic hydroxyl groups is 2. The molecule has 0 bridgehead atoms. The summed E-state index contributed by atoms with van der Waals surface area (Å²) in [6, 6.07) is 17.8. The molecule has 1 amide bonds. The van der Waals surface area contributed by atoms with Crippen molar-refractivity contribution in [3.63, 3.8) is 0 Å². The van der Waals surface area contributed by atoms with Gasteiger partial charge in [-0.3, -0.25) is 4.79 Å². The number of ether oxygens (including phenoxy) is 1. The Morgan fingerprint density at radius 2 is 2.00 bits per heavy atom. The van der Waals surface area contributed by atoms with Crippen LogP contribution in [0, 0.1) is 11.3 Å². The first kappa shape index (κ1) is 19.0. The van der Waals surface area contributed by atoms with Crippen LogP contribution in [0.3, 0.4) is 0 Å². The molecule has 1 heterocycles. The SMILES string of the molecule is COc1cccc(CCC(=O)N2C[C@@H](O)[C@@]3(C2)[C@H](CO)[C@H]3c2ccccc2)c1. The molecule has 1 spiro atoms. The first-order valence-electron chi connectivity index (χ1n) is 9.84. The monoisotopic (exact) mass is 381 g/mol. The van der Waals surface area contributed by atoms with Crippen LogP contribution in [0.2, 0.25) is 0 Å². The van der Waals surface area contributed by atoms with Crippen molar-refractivity contribution in [1.29, 1.82) is 0 Å². The number of carbonyl (C=O) groups is 1. The van der Waals surface area contributed by atoms with E-state index in [1.807, 2.05) is 54.6 Å². The van der Waals surface area contributed by atoms with Gasteiger partial charge >= 0.3 is 0 Å². The van der Waals surface area contributed by atoms with Gasteiger partial charge < -0.3 is 19.8 Å². The summed E-state index contributed by atoms with van der Waals surface area (Å²) >= 11 is 0. The minimum absolute atomic E-state index is 0.00100. The highest BCUT2D eigenvalue weighted by atomic mass is 16.5. The number of hydrogen-bond acceptors (Lipinski definition) is 4. The summed E-state index contributed by atoms with van der Waals surface area (Å²) in [5.41, 5.74) is 1.78. The Hall–Kier alpha value is -2.37. The molecule has 1 saturated carbocycles. The van der Waals surface area contributed by atoms with Crippen molar-refractivity contribution in [3.05, 3.63) is 65.7 Å². The summed E-state index contributed by atoms with van der Waals surface area (Å²) in [6.45, 7) is 0.884. The fraction of sp³-hybridized carbons (Fsp3) is 0.435. The van der Waals surface area contributed by atoms with Crippen molar-refractivity contribution in [1.82, 2.24) is 4.90 Å². The molecule has 2 fully saturated rings. The Morgan fingerprint density at radius 3 is 2.71 bits per heavy atom. The zero-order valence-corrected chi connectivity index (χ0v) is 16.1. The third-order valence-corrected chi connectivity index (χ3v) is 6.51. The molecular weight excluding hydrogens is 354 g/mol. The van der Waals surface area contributed by atoms with E-state index in [4.69, 9.17) is 4.74 Å². The predicted molar refractivity (Wildman–Crippen MR) is 106 cm³/mol. The minimum Gasteiger partial charge on any atom is -0.497 e. The molecule has 5 nitrogen and oxygen atoms in total. The van der Waals surface area contributed by atoms with E-state index in [9.17, 15) is 15.0 Å². The van der Waals surface area contributed by atoms with Crippen molar-refractivity contribution in [2.75, 3.05) is 26.8 Å². The van der Waals surface area contributed by atoms with E-state index in [1.165, 1.54) is 0 Å². The minimum atomic E-state index is -0.601. The molecule has 2 aromatic rings. The normalized spacial score (nSPS) is 28.5. The lowest BCUT2D eigenvalue weighted by molar-refractivity contribution is -0.130. The van der Waals surface area contributed by atoms with Crippen LogP contribution >= 0.6 is 0 Å². The summed E-state index contributed by atoms with van der Waals surface area (Å²) in [5, 5.41) is 20.7. The maximum absolute atomic E-state index is 12.8. The second kappa shape index (κ2) is 7.57. The number of rotatable bonds is 6. The maximum Gasteiger partial charge on any atom is 0.223 e.